The molecule has 0 atom stereocenters. The Morgan fingerprint density at radius 1 is 0.703 bits per heavy atom. The Morgan fingerprint density at radius 2 is 1.27 bits per heavy atom. The van der Waals surface area contributed by atoms with Gasteiger partial charge in [0, 0.05) is 22.2 Å². The molecule has 0 aliphatic carbocycles. The van der Waals surface area contributed by atoms with E-state index in [2.05, 4.69) is 131 Å². The molecule has 0 fully saturated rings. The van der Waals surface area contributed by atoms with Crippen molar-refractivity contribution in [2.45, 2.75) is 13.8 Å². The van der Waals surface area contributed by atoms with Crippen LogP contribution in [-0.2, 0) is 0 Å². The van der Waals surface area contributed by atoms with E-state index in [4.69, 9.17) is 4.98 Å². The number of hydrogen-bond donors (Lipinski definition) is 0. The first-order valence-electron chi connectivity index (χ1n) is 12.5. The second kappa shape index (κ2) is 8.10. The first kappa shape index (κ1) is 21.5. The number of fused-ring (bicyclic) bond motifs is 6. The molecule has 0 saturated heterocycles. The molecule has 3 aromatic heterocycles. The normalized spacial score (nSPS) is 12.3. The monoisotopic (exact) mass is 478 g/mol. The maximum absolute atomic E-state index is 5.07. The number of nitrogens with zero attached hydrogens (tertiary/aromatic N) is 4. The lowest BCUT2D eigenvalue weighted by molar-refractivity contribution is 1.06. The standard InChI is InChI=1S/C33H26N4/c1-22(2)32-31(21-23(3)35-28-18-10-7-15-25(28)26-16-8-11-19-29(26)35)37-30-20-12-9-17-27(30)34-33(37)36(32)24-13-5-4-6-14-24/h4-21H,1H2,2-3H3. The van der Waals surface area contributed by atoms with E-state index in [0.29, 0.717) is 0 Å². The minimum Gasteiger partial charge on any atom is -0.313 e. The number of para-hydroxylation sites is 5. The first-order valence-corrected chi connectivity index (χ1v) is 12.5. The summed E-state index contributed by atoms with van der Waals surface area (Å²) in [4.78, 5) is 5.07. The van der Waals surface area contributed by atoms with Crippen molar-refractivity contribution in [3.63, 3.8) is 0 Å². The predicted molar refractivity (Wildman–Crippen MR) is 156 cm³/mol. The van der Waals surface area contributed by atoms with Gasteiger partial charge in [0.25, 0.3) is 0 Å². The number of benzene rings is 4. The number of hydrogen-bond acceptors (Lipinski definition) is 1. The van der Waals surface area contributed by atoms with E-state index in [1.54, 1.807) is 0 Å². The fourth-order valence-corrected chi connectivity index (χ4v) is 5.65. The smallest absolute Gasteiger partial charge is 0.220 e. The summed E-state index contributed by atoms with van der Waals surface area (Å²) in [7, 11) is 0. The van der Waals surface area contributed by atoms with Gasteiger partial charge in [-0.15, -0.1) is 0 Å². The molecule has 0 N–H and O–H groups in total. The molecule has 0 bridgehead atoms. The molecule has 0 spiro atoms. The number of imidazole rings is 2. The Kier molecular flexibility index (Phi) is 4.70. The molecule has 4 aromatic carbocycles. The quantitative estimate of drug-likeness (QED) is 0.249. The molecule has 7 rings (SSSR count). The van der Waals surface area contributed by atoms with Crippen LogP contribution in [-0.4, -0.2) is 18.5 Å². The van der Waals surface area contributed by atoms with Gasteiger partial charge in [-0.3, -0.25) is 8.97 Å². The summed E-state index contributed by atoms with van der Waals surface area (Å²) in [5.41, 5.74) is 9.75. The summed E-state index contributed by atoms with van der Waals surface area (Å²) in [6.07, 6.45) is 2.28. The highest BCUT2D eigenvalue weighted by Crippen LogP contribution is 2.35. The van der Waals surface area contributed by atoms with Crippen LogP contribution in [0.5, 0.6) is 0 Å². The van der Waals surface area contributed by atoms with Crippen molar-refractivity contribution in [3.8, 4) is 5.69 Å². The van der Waals surface area contributed by atoms with Gasteiger partial charge in [0.15, 0.2) is 0 Å². The molecule has 178 valence electrons. The maximum Gasteiger partial charge on any atom is 0.220 e. The van der Waals surface area contributed by atoms with Gasteiger partial charge in [0.2, 0.25) is 5.78 Å². The number of aromatic nitrogens is 4. The zero-order valence-electron chi connectivity index (χ0n) is 20.9. The van der Waals surface area contributed by atoms with E-state index in [9.17, 15) is 0 Å². The Bertz CT molecular complexity index is 1960. The predicted octanol–water partition coefficient (Wildman–Crippen LogP) is 8.44. The van der Waals surface area contributed by atoms with Crippen LogP contribution in [0, 0.1) is 0 Å². The van der Waals surface area contributed by atoms with Gasteiger partial charge in [0.1, 0.15) is 0 Å². The topological polar surface area (TPSA) is 27.2 Å². The van der Waals surface area contributed by atoms with Crippen LogP contribution >= 0.6 is 0 Å². The summed E-state index contributed by atoms with van der Waals surface area (Å²) in [5.74, 6) is 0.881. The lowest BCUT2D eigenvalue weighted by atomic mass is 10.1. The SMILES string of the molecule is C=C(C)c1c(C=C(C)n2c3ccccc3c3ccccc32)n2c3ccccc3nc2n1-c1ccccc1. The van der Waals surface area contributed by atoms with Crippen molar-refractivity contribution in [3.05, 3.63) is 121 Å². The second-order valence-electron chi connectivity index (χ2n) is 9.58. The fraction of sp³-hybridized carbons (Fsp3) is 0.0606. The average molecular weight is 479 g/mol. The lowest BCUT2D eigenvalue weighted by Gasteiger charge is -2.11. The number of allylic oxidation sites excluding steroid dienone is 2. The van der Waals surface area contributed by atoms with Crippen molar-refractivity contribution in [1.29, 1.82) is 0 Å². The summed E-state index contributed by atoms with van der Waals surface area (Å²) in [5, 5.41) is 2.51. The highest BCUT2D eigenvalue weighted by Gasteiger charge is 2.22. The molecule has 4 nitrogen and oxygen atoms in total. The third-order valence-corrected chi connectivity index (χ3v) is 7.15. The minimum absolute atomic E-state index is 0.881. The summed E-state index contributed by atoms with van der Waals surface area (Å²) in [6, 6.07) is 36.0. The van der Waals surface area contributed by atoms with E-state index in [1.165, 1.54) is 21.8 Å². The molecule has 4 heteroatoms. The first-order chi connectivity index (χ1) is 18.1. The molecule has 0 aliphatic heterocycles. The molecule has 0 amide bonds. The van der Waals surface area contributed by atoms with Crippen LogP contribution in [0.2, 0.25) is 0 Å². The molecule has 7 aromatic rings. The van der Waals surface area contributed by atoms with Crippen LogP contribution in [0.25, 0.3) is 61.7 Å². The van der Waals surface area contributed by atoms with Gasteiger partial charge in [-0.2, -0.15) is 0 Å². The van der Waals surface area contributed by atoms with Gasteiger partial charge >= 0.3 is 0 Å². The van der Waals surface area contributed by atoms with Crippen molar-refractivity contribution in [2.24, 2.45) is 0 Å². The Hall–Kier alpha value is -4.83. The van der Waals surface area contributed by atoms with E-state index in [1.807, 2.05) is 12.1 Å². The molecule has 0 saturated carbocycles. The van der Waals surface area contributed by atoms with Crippen molar-refractivity contribution < 1.29 is 0 Å². The number of rotatable bonds is 4. The molecular formula is C33H26N4. The highest BCUT2D eigenvalue weighted by molar-refractivity contribution is 6.10. The van der Waals surface area contributed by atoms with Gasteiger partial charge < -0.3 is 4.57 Å². The van der Waals surface area contributed by atoms with Crippen molar-refractivity contribution >= 4 is 56.0 Å². The van der Waals surface area contributed by atoms with Gasteiger partial charge in [0.05, 0.1) is 33.5 Å². The molecule has 3 heterocycles. The molecule has 0 unspecified atom stereocenters. The van der Waals surface area contributed by atoms with Crippen LogP contribution in [0.4, 0.5) is 0 Å². The van der Waals surface area contributed by atoms with Crippen molar-refractivity contribution in [2.75, 3.05) is 0 Å². The van der Waals surface area contributed by atoms with Crippen LogP contribution in [0.3, 0.4) is 0 Å². The summed E-state index contributed by atoms with van der Waals surface area (Å²) in [6.45, 7) is 8.66. The summed E-state index contributed by atoms with van der Waals surface area (Å²) < 4.78 is 6.86. The maximum atomic E-state index is 5.07. The Balaban J connectivity index is 1.61. The highest BCUT2D eigenvalue weighted by atomic mass is 15.2. The lowest BCUT2D eigenvalue weighted by Crippen LogP contribution is -2.00. The minimum atomic E-state index is 0.881. The van der Waals surface area contributed by atoms with Gasteiger partial charge in [-0.1, -0.05) is 73.3 Å². The van der Waals surface area contributed by atoms with Crippen LogP contribution in [0.15, 0.2) is 110 Å². The largest absolute Gasteiger partial charge is 0.313 e. The zero-order chi connectivity index (χ0) is 25.1. The van der Waals surface area contributed by atoms with Crippen LogP contribution < -0.4 is 0 Å². The Morgan fingerprint density at radius 3 is 1.92 bits per heavy atom. The van der Waals surface area contributed by atoms with Gasteiger partial charge in [-0.25, -0.2) is 4.98 Å². The summed E-state index contributed by atoms with van der Waals surface area (Å²) >= 11 is 0. The van der Waals surface area contributed by atoms with E-state index < -0.39 is 0 Å². The fourth-order valence-electron chi connectivity index (χ4n) is 5.65. The second-order valence-corrected chi connectivity index (χ2v) is 9.58. The molecule has 0 aliphatic rings. The molecule has 0 radical (unpaired) electrons. The third kappa shape index (κ3) is 3.12. The molecular weight excluding hydrogens is 452 g/mol. The average Bonchev–Trinajstić information content (AvgIpc) is 3.56. The zero-order valence-corrected chi connectivity index (χ0v) is 20.9. The van der Waals surface area contributed by atoms with E-state index in [-0.39, 0.29) is 0 Å². The van der Waals surface area contributed by atoms with E-state index >= 15 is 0 Å². The van der Waals surface area contributed by atoms with Crippen LogP contribution in [0.1, 0.15) is 25.2 Å². The van der Waals surface area contributed by atoms with Crippen molar-refractivity contribution in [1.82, 2.24) is 18.5 Å². The van der Waals surface area contributed by atoms with Gasteiger partial charge in [-0.05, 0) is 61.9 Å². The Labute approximate surface area is 215 Å². The van der Waals surface area contributed by atoms with E-state index in [0.717, 1.165) is 45.2 Å². The molecule has 37 heavy (non-hydrogen) atoms. The third-order valence-electron chi connectivity index (χ3n) is 7.15.